The highest BCUT2D eigenvalue weighted by Gasteiger charge is 2.16. The zero-order chi connectivity index (χ0) is 15.4. The van der Waals surface area contributed by atoms with Crippen molar-refractivity contribution in [1.29, 1.82) is 0 Å². The molecule has 0 fully saturated rings. The van der Waals surface area contributed by atoms with Crippen molar-refractivity contribution in [2.75, 3.05) is 12.8 Å². The highest BCUT2D eigenvalue weighted by molar-refractivity contribution is 5.76. The number of methoxy groups -OCH3 is 1. The van der Waals surface area contributed by atoms with Crippen LogP contribution < -0.4 is 5.73 Å². The van der Waals surface area contributed by atoms with E-state index in [-0.39, 0.29) is 11.9 Å². The van der Waals surface area contributed by atoms with E-state index >= 15 is 0 Å². The van der Waals surface area contributed by atoms with E-state index < -0.39 is 0 Å². The van der Waals surface area contributed by atoms with Crippen LogP contribution in [0.25, 0.3) is 11.1 Å². The van der Waals surface area contributed by atoms with E-state index in [2.05, 4.69) is 12.0 Å². The van der Waals surface area contributed by atoms with E-state index in [1.54, 1.807) is 10.9 Å². The lowest BCUT2D eigenvalue weighted by Crippen LogP contribution is -2.08. The van der Waals surface area contributed by atoms with Crippen molar-refractivity contribution in [2.45, 2.75) is 25.7 Å². The zero-order valence-electron chi connectivity index (χ0n) is 12.7. The molecule has 1 unspecified atom stereocenters. The fourth-order valence-electron chi connectivity index (χ4n) is 2.44. The number of benzene rings is 1. The fraction of sp³-hybridized carbons (Fsp3) is 0.375. The molecular formula is C16H21N3O2. The van der Waals surface area contributed by atoms with Crippen LogP contribution in [0.1, 0.15) is 31.2 Å². The third-order valence-electron chi connectivity index (χ3n) is 3.70. The number of carbonyl (C=O) groups excluding carboxylic acids is 1. The molecule has 0 radical (unpaired) electrons. The molecule has 0 spiro atoms. The molecule has 1 atom stereocenters. The molecule has 5 heteroatoms. The Morgan fingerprint density at radius 1 is 1.48 bits per heavy atom. The molecule has 0 aliphatic rings. The van der Waals surface area contributed by atoms with Gasteiger partial charge in [0.25, 0.3) is 0 Å². The lowest BCUT2D eigenvalue weighted by atomic mass is 9.91. The highest BCUT2D eigenvalue weighted by atomic mass is 16.5. The molecule has 0 aliphatic carbocycles. The summed E-state index contributed by atoms with van der Waals surface area (Å²) in [6, 6.07) is 5.96. The molecule has 1 aromatic heterocycles. The molecule has 0 saturated carbocycles. The largest absolute Gasteiger partial charge is 0.469 e. The van der Waals surface area contributed by atoms with Crippen molar-refractivity contribution < 1.29 is 9.53 Å². The number of ether oxygens (including phenoxy) is 1. The number of aromatic nitrogens is 2. The highest BCUT2D eigenvalue weighted by Crippen LogP contribution is 2.31. The SMILES string of the molecule is CCC(CC(=O)OC)c1ccc(-c2cnn(C)c2)c(N)c1. The molecule has 2 N–H and O–H groups in total. The van der Waals surface area contributed by atoms with E-state index in [4.69, 9.17) is 10.5 Å². The van der Waals surface area contributed by atoms with Crippen LogP contribution in [0.5, 0.6) is 0 Å². The Labute approximate surface area is 124 Å². The maximum Gasteiger partial charge on any atom is 0.306 e. The first-order chi connectivity index (χ1) is 10.0. The van der Waals surface area contributed by atoms with E-state index in [1.807, 2.05) is 31.4 Å². The molecule has 2 aromatic rings. The maximum atomic E-state index is 11.5. The number of nitrogen functional groups attached to an aromatic ring is 1. The smallest absolute Gasteiger partial charge is 0.306 e. The molecule has 1 aromatic carbocycles. The first-order valence-electron chi connectivity index (χ1n) is 7.00. The Morgan fingerprint density at radius 3 is 2.76 bits per heavy atom. The number of esters is 1. The molecule has 0 bridgehead atoms. The second kappa shape index (κ2) is 6.43. The first kappa shape index (κ1) is 15.1. The molecule has 0 saturated heterocycles. The third kappa shape index (κ3) is 3.42. The Hall–Kier alpha value is -2.30. The van der Waals surface area contributed by atoms with Crippen molar-refractivity contribution in [3.05, 3.63) is 36.2 Å². The minimum atomic E-state index is -0.197. The maximum absolute atomic E-state index is 11.5. The average molecular weight is 287 g/mol. The molecule has 21 heavy (non-hydrogen) atoms. The van der Waals surface area contributed by atoms with E-state index in [9.17, 15) is 4.79 Å². The molecule has 5 nitrogen and oxygen atoms in total. The van der Waals surface area contributed by atoms with Gasteiger partial charge >= 0.3 is 5.97 Å². The fourth-order valence-corrected chi connectivity index (χ4v) is 2.44. The number of nitrogens with two attached hydrogens (primary N) is 1. The number of nitrogens with zero attached hydrogens (tertiary/aromatic N) is 2. The van der Waals surface area contributed by atoms with E-state index in [0.717, 1.165) is 23.1 Å². The summed E-state index contributed by atoms with van der Waals surface area (Å²) in [5.74, 6) is -0.0699. The van der Waals surface area contributed by atoms with E-state index in [0.29, 0.717) is 12.1 Å². The second-order valence-electron chi connectivity index (χ2n) is 5.13. The van der Waals surface area contributed by atoms with Crippen LogP contribution in [0.2, 0.25) is 0 Å². The van der Waals surface area contributed by atoms with Gasteiger partial charge in [0.15, 0.2) is 0 Å². The van der Waals surface area contributed by atoms with Crippen molar-refractivity contribution in [1.82, 2.24) is 9.78 Å². The van der Waals surface area contributed by atoms with Gasteiger partial charge in [-0.25, -0.2) is 0 Å². The van der Waals surface area contributed by atoms with Gasteiger partial charge in [-0.05, 0) is 24.0 Å². The number of anilines is 1. The summed E-state index contributed by atoms with van der Waals surface area (Å²) in [5, 5.41) is 4.16. The summed E-state index contributed by atoms with van der Waals surface area (Å²) >= 11 is 0. The minimum absolute atomic E-state index is 0.127. The van der Waals surface area contributed by atoms with Gasteiger partial charge in [-0.3, -0.25) is 9.48 Å². The summed E-state index contributed by atoms with van der Waals surface area (Å²) in [5.41, 5.74) is 9.87. The van der Waals surface area contributed by atoms with E-state index in [1.165, 1.54) is 7.11 Å². The van der Waals surface area contributed by atoms with Gasteiger partial charge in [0.1, 0.15) is 0 Å². The number of aryl methyl sites for hydroxylation is 1. The topological polar surface area (TPSA) is 70.1 Å². The summed E-state index contributed by atoms with van der Waals surface area (Å²) < 4.78 is 6.49. The van der Waals surface area contributed by atoms with Crippen molar-refractivity contribution in [2.24, 2.45) is 7.05 Å². The standard InChI is InChI=1S/C16H21N3O2/c1-4-11(8-16(20)21-3)12-5-6-14(15(17)7-12)13-9-18-19(2)10-13/h5-7,9-11H,4,8,17H2,1-3H3. The van der Waals surface area contributed by atoms with Crippen LogP contribution in [0.3, 0.4) is 0 Å². The van der Waals surface area contributed by atoms with Gasteiger partial charge in [-0.15, -0.1) is 0 Å². The van der Waals surface area contributed by atoms with Crippen LogP contribution in [-0.4, -0.2) is 22.9 Å². The summed E-state index contributed by atoms with van der Waals surface area (Å²) in [6.45, 7) is 2.05. The van der Waals surface area contributed by atoms with Crippen LogP contribution in [0.4, 0.5) is 5.69 Å². The zero-order valence-corrected chi connectivity index (χ0v) is 12.7. The van der Waals surface area contributed by atoms with Crippen molar-refractivity contribution in [3.63, 3.8) is 0 Å². The van der Waals surface area contributed by atoms with Crippen molar-refractivity contribution in [3.8, 4) is 11.1 Å². The average Bonchev–Trinajstić information content (AvgIpc) is 2.90. The third-order valence-corrected chi connectivity index (χ3v) is 3.70. The summed E-state index contributed by atoms with van der Waals surface area (Å²) in [7, 11) is 3.28. The lowest BCUT2D eigenvalue weighted by Gasteiger charge is -2.15. The Morgan fingerprint density at radius 2 is 2.24 bits per heavy atom. The molecule has 0 amide bonds. The van der Waals surface area contributed by atoms with Crippen molar-refractivity contribution >= 4 is 11.7 Å². The quantitative estimate of drug-likeness (QED) is 0.678. The van der Waals surface area contributed by atoms with Gasteiger partial charge in [0.2, 0.25) is 0 Å². The number of carbonyl (C=O) groups is 1. The molecule has 2 rings (SSSR count). The van der Waals surface area contributed by atoms with Gasteiger partial charge < -0.3 is 10.5 Å². The van der Waals surface area contributed by atoms with Crippen LogP contribution in [0, 0.1) is 0 Å². The number of hydrogen-bond donors (Lipinski definition) is 1. The Balaban J connectivity index is 2.27. The lowest BCUT2D eigenvalue weighted by molar-refractivity contribution is -0.141. The van der Waals surface area contributed by atoms with Gasteiger partial charge in [-0.1, -0.05) is 19.1 Å². The Bertz CT molecular complexity index is 634. The number of hydrogen-bond acceptors (Lipinski definition) is 4. The van der Waals surface area contributed by atoms with Crippen LogP contribution in [-0.2, 0) is 16.6 Å². The van der Waals surface area contributed by atoms with Crippen LogP contribution >= 0.6 is 0 Å². The second-order valence-corrected chi connectivity index (χ2v) is 5.13. The molecule has 0 aliphatic heterocycles. The normalized spacial score (nSPS) is 12.1. The number of rotatable bonds is 5. The summed E-state index contributed by atoms with van der Waals surface area (Å²) in [4.78, 5) is 11.5. The molecule has 1 heterocycles. The molecule has 112 valence electrons. The Kier molecular flexibility index (Phi) is 4.62. The first-order valence-corrected chi connectivity index (χ1v) is 7.00. The minimum Gasteiger partial charge on any atom is -0.469 e. The molecular weight excluding hydrogens is 266 g/mol. The predicted octanol–water partition coefficient (Wildman–Crippen LogP) is 2.73. The van der Waals surface area contributed by atoms with Gasteiger partial charge in [0.05, 0.1) is 19.7 Å². The van der Waals surface area contributed by atoms with Gasteiger partial charge in [0, 0.05) is 30.1 Å². The monoisotopic (exact) mass is 287 g/mol. The van der Waals surface area contributed by atoms with Gasteiger partial charge in [-0.2, -0.15) is 5.10 Å². The van der Waals surface area contributed by atoms with Crippen LogP contribution in [0.15, 0.2) is 30.6 Å². The summed E-state index contributed by atoms with van der Waals surface area (Å²) in [6.07, 6.45) is 4.95. The predicted molar refractivity (Wildman–Crippen MR) is 82.7 cm³/mol.